The molecule has 1 amide bonds. The number of nitrogens with zero attached hydrogens (tertiary/aromatic N) is 1. The second-order valence-corrected chi connectivity index (χ2v) is 5.85. The number of hydrogen-bond acceptors (Lipinski definition) is 3. The number of benzene rings is 2. The maximum atomic E-state index is 13.6. The van der Waals surface area contributed by atoms with Crippen molar-refractivity contribution in [3.05, 3.63) is 83.4 Å². The number of carbonyl (C=O) groups excluding carboxylic acids is 1. The average molecular weight is 371 g/mol. The Balaban J connectivity index is 2.12. The maximum Gasteiger partial charge on any atom is 0.417 e. The summed E-state index contributed by atoms with van der Waals surface area (Å²) in [7, 11) is 0. The van der Waals surface area contributed by atoms with Gasteiger partial charge in [0.25, 0.3) is 5.91 Å². The number of anilines is 1. The standard InChI is InChI=1S/C20H16F3N3O/c21-20(22,23)15-11-16(14-9-5-2-6-10-14)26-19(17(15)18(24)27)25-12-13-7-3-1-4-8-13/h1-11H,12H2,(H2,24,27)(H,25,26). The largest absolute Gasteiger partial charge is 0.417 e. The van der Waals surface area contributed by atoms with Gasteiger partial charge in [-0.2, -0.15) is 13.2 Å². The highest BCUT2D eigenvalue weighted by molar-refractivity contribution is 6.00. The van der Waals surface area contributed by atoms with E-state index in [0.29, 0.717) is 5.56 Å². The SMILES string of the molecule is NC(=O)c1c(C(F)(F)F)cc(-c2ccccc2)nc1NCc1ccccc1. The Morgan fingerprint density at radius 2 is 1.59 bits per heavy atom. The minimum Gasteiger partial charge on any atom is -0.365 e. The fraction of sp³-hybridized carbons (Fsp3) is 0.100. The second-order valence-electron chi connectivity index (χ2n) is 5.85. The Hall–Kier alpha value is -3.35. The molecule has 1 aromatic heterocycles. The van der Waals surface area contributed by atoms with E-state index in [-0.39, 0.29) is 18.1 Å². The number of nitrogens with one attached hydrogen (secondary N) is 1. The van der Waals surface area contributed by atoms with Gasteiger partial charge in [0, 0.05) is 12.1 Å². The minimum absolute atomic E-state index is 0.100. The monoisotopic (exact) mass is 371 g/mol. The zero-order valence-corrected chi connectivity index (χ0v) is 14.1. The van der Waals surface area contributed by atoms with E-state index in [1.54, 1.807) is 42.5 Å². The van der Waals surface area contributed by atoms with E-state index in [0.717, 1.165) is 11.6 Å². The molecule has 0 atom stereocenters. The lowest BCUT2D eigenvalue weighted by Gasteiger charge is -2.17. The van der Waals surface area contributed by atoms with E-state index in [4.69, 9.17) is 5.73 Å². The number of amides is 1. The van der Waals surface area contributed by atoms with E-state index in [9.17, 15) is 18.0 Å². The molecule has 3 aromatic rings. The zero-order chi connectivity index (χ0) is 19.4. The highest BCUT2D eigenvalue weighted by Gasteiger charge is 2.37. The van der Waals surface area contributed by atoms with Crippen LogP contribution in [0.15, 0.2) is 66.7 Å². The first kappa shape index (κ1) is 18.4. The van der Waals surface area contributed by atoms with Crippen molar-refractivity contribution in [3.63, 3.8) is 0 Å². The van der Waals surface area contributed by atoms with Crippen molar-refractivity contribution in [1.82, 2.24) is 4.98 Å². The van der Waals surface area contributed by atoms with E-state index in [1.807, 2.05) is 18.2 Å². The summed E-state index contributed by atoms with van der Waals surface area (Å²) >= 11 is 0. The summed E-state index contributed by atoms with van der Waals surface area (Å²) < 4.78 is 40.8. The van der Waals surface area contributed by atoms with Gasteiger partial charge >= 0.3 is 6.18 Å². The number of primary amides is 1. The summed E-state index contributed by atoms with van der Waals surface area (Å²) in [6, 6.07) is 18.3. The van der Waals surface area contributed by atoms with E-state index < -0.39 is 23.2 Å². The van der Waals surface area contributed by atoms with Crippen molar-refractivity contribution in [2.45, 2.75) is 12.7 Å². The molecule has 0 aliphatic carbocycles. The Kier molecular flexibility index (Phi) is 5.12. The Bertz CT molecular complexity index is 942. The van der Waals surface area contributed by atoms with Crippen molar-refractivity contribution in [3.8, 4) is 11.3 Å². The number of pyridine rings is 1. The Morgan fingerprint density at radius 3 is 2.15 bits per heavy atom. The van der Waals surface area contributed by atoms with Gasteiger partial charge in [0.05, 0.1) is 16.8 Å². The van der Waals surface area contributed by atoms with Gasteiger partial charge in [-0.05, 0) is 11.6 Å². The number of carbonyl (C=O) groups is 1. The third-order valence-corrected chi connectivity index (χ3v) is 3.94. The van der Waals surface area contributed by atoms with Crippen LogP contribution >= 0.6 is 0 Å². The van der Waals surface area contributed by atoms with Crippen molar-refractivity contribution >= 4 is 11.7 Å². The van der Waals surface area contributed by atoms with Crippen LogP contribution in [0.5, 0.6) is 0 Å². The minimum atomic E-state index is -4.75. The smallest absolute Gasteiger partial charge is 0.365 e. The molecule has 4 nitrogen and oxygen atoms in total. The van der Waals surface area contributed by atoms with E-state index in [2.05, 4.69) is 10.3 Å². The first-order valence-corrected chi connectivity index (χ1v) is 8.11. The quantitative estimate of drug-likeness (QED) is 0.695. The molecule has 3 N–H and O–H groups in total. The molecule has 0 aliphatic heterocycles. The fourth-order valence-corrected chi connectivity index (χ4v) is 2.68. The summed E-state index contributed by atoms with van der Waals surface area (Å²) in [5.41, 5.74) is 4.90. The van der Waals surface area contributed by atoms with Crippen LogP contribution in [0.2, 0.25) is 0 Å². The lowest BCUT2D eigenvalue weighted by Crippen LogP contribution is -2.22. The summed E-state index contributed by atoms with van der Waals surface area (Å²) in [6.07, 6.45) is -4.75. The molecule has 0 aliphatic rings. The summed E-state index contributed by atoms with van der Waals surface area (Å²) in [5.74, 6) is -1.38. The summed E-state index contributed by atoms with van der Waals surface area (Å²) in [5, 5.41) is 2.82. The van der Waals surface area contributed by atoms with Gasteiger partial charge < -0.3 is 11.1 Å². The highest BCUT2D eigenvalue weighted by Crippen LogP contribution is 2.37. The Morgan fingerprint density at radius 1 is 1.00 bits per heavy atom. The fourth-order valence-electron chi connectivity index (χ4n) is 2.68. The van der Waals surface area contributed by atoms with Crippen LogP contribution in [0, 0.1) is 0 Å². The lowest BCUT2D eigenvalue weighted by molar-refractivity contribution is -0.137. The molecule has 0 saturated heterocycles. The molecule has 0 bridgehead atoms. The summed E-state index contributed by atoms with van der Waals surface area (Å²) in [6.45, 7) is 0.198. The van der Waals surface area contributed by atoms with Crippen LogP contribution in [-0.2, 0) is 12.7 Å². The average Bonchev–Trinajstić information content (AvgIpc) is 2.66. The third-order valence-electron chi connectivity index (χ3n) is 3.94. The predicted molar refractivity (Wildman–Crippen MR) is 97.0 cm³/mol. The second kappa shape index (κ2) is 7.49. The van der Waals surface area contributed by atoms with Crippen LogP contribution in [-0.4, -0.2) is 10.9 Å². The predicted octanol–water partition coefficient (Wildman–Crippen LogP) is 4.48. The number of nitrogens with two attached hydrogens (primary N) is 1. The molecule has 0 saturated carbocycles. The van der Waals surface area contributed by atoms with Gasteiger partial charge in [0.15, 0.2) is 0 Å². The van der Waals surface area contributed by atoms with Crippen molar-refractivity contribution in [2.75, 3.05) is 5.32 Å². The van der Waals surface area contributed by atoms with Gasteiger partial charge in [-0.15, -0.1) is 0 Å². The van der Waals surface area contributed by atoms with Crippen LogP contribution in [0.25, 0.3) is 11.3 Å². The van der Waals surface area contributed by atoms with Gasteiger partial charge in [-0.3, -0.25) is 4.79 Å². The molecule has 2 aromatic carbocycles. The maximum absolute atomic E-state index is 13.6. The molecule has 7 heteroatoms. The van der Waals surface area contributed by atoms with Crippen LogP contribution in [0.1, 0.15) is 21.5 Å². The van der Waals surface area contributed by atoms with Gasteiger partial charge in [0.2, 0.25) is 0 Å². The molecule has 3 rings (SSSR count). The van der Waals surface area contributed by atoms with Crippen molar-refractivity contribution in [1.29, 1.82) is 0 Å². The molecule has 0 spiro atoms. The highest BCUT2D eigenvalue weighted by atomic mass is 19.4. The van der Waals surface area contributed by atoms with Crippen molar-refractivity contribution in [2.24, 2.45) is 5.73 Å². The summed E-state index contributed by atoms with van der Waals surface area (Å²) in [4.78, 5) is 16.0. The molecule has 0 radical (unpaired) electrons. The molecule has 1 heterocycles. The molecule has 0 unspecified atom stereocenters. The van der Waals surface area contributed by atoms with Gasteiger partial charge in [0.1, 0.15) is 5.82 Å². The van der Waals surface area contributed by atoms with Gasteiger partial charge in [-0.25, -0.2) is 4.98 Å². The van der Waals surface area contributed by atoms with E-state index in [1.165, 1.54) is 0 Å². The number of aromatic nitrogens is 1. The lowest BCUT2D eigenvalue weighted by atomic mass is 10.0. The molecular formula is C20H16F3N3O. The molecule has 27 heavy (non-hydrogen) atoms. The first-order valence-electron chi connectivity index (χ1n) is 8.11. The zero-order valence-electron chi connectivity index (χ0n) is 14.1. The number of halogens is 3. The van der Waals surface area contributed by atoms with Crippen molar-refractivity contribution < 1.29 is 18.0 Å². The van der Waals surface area contributed by atoms with Gasteiger partial charge in [-0.1, -0.05) is 60.7 Å². The number of alkyl halides is 3. The number of hydrogen-bond donors (Lipinski definition) is 2. The molecular weight excluding hydrogens is 355 g/mol. The first-order chi connectivity index (χ1) is 12.9. The van der Waals surface area contributed by atoms with E-state index >= 15 is 0 Å². The van der Waals surface area contributed by atoms with Crippen LogP contribution in [0.4, 0.5) is 19.0 Å². The third kappa shape index (κ3) is 4.25. The topological polar surface area (TPSA) is 68.0 Å². The number of rotatable bonds is 5. The van der Waals surface area contributed by atoms with Crippen LogP contribution < -0.4 is 11.1 Å². The Labute approximate surface area is 153 Å². The van der Waals surface area contributed by atoms with Crippen LogP contribution in [0.3, 0.4) is 0 Å². The molecule has 0 fully saturated rings. The normalized spacial score (nSPS) is 11.2. The molecule has 138 valence electrons.